The first-order chi connectivity index (χ1) is 11.4. The third-order valence-electron chi connectivity index (χ3n) is 3.31. The van der Waals surface area contributed by atoms with Gasteiger partial charge in [-0.25, -0.2) is 9.78 Å². The van der Waals surface area contributed by atoms with Crippen molar-refractivity contribution in [3.05, 3.63) is 59.3 Å². The van der Waals surface area contributed by atoms with Gasteiger partial charge >= 0.3 is 5.97 Å². The lowest BCUT2D eigenvalue weighted by Gasteiger charge is -2.17. The molecule has 2 rings (SSSR count). The van der Waals surface area contributed by atoms with Gasteiger partial charge in [-0.15, -0.1) is 0 Å². The van der Waals surface area contributed by atoms with Crippen molar-refractivity contribution in [3.8, 4) is 5.88 Å². The number of pyridine rings is 1. The minimum atomic E-state index is -0.972. The summed E-state index contributed by atoms with van der Waals surface area (Å²) in [5.41, 5.74) is 1.54. The lowest BCUT2D eigenvalue weighted by atomic mass is 10.1. The second-order valence-electron chi connectivity index (χ2n) is 5.72. The number of carboxylic acids is 1. The van der Waals surface area contributed by atoms with Crippen LogP contribution >= 0.6 is 0 Å². The maximum Gasteiger partial charge on any atom is 0.335 e. The number of amides is 1. The molecular weight excluding hydrogens is 308 g/mol. The summed E-state index contributed by atoms with van der Waals surface area (Å²) in [4.78, 5) is 28.9. The number of nitrogens with zero attached hydrogens (tertiary/aromatic N) is 2. The molecule has 0 spiro atoms. The van der Waals surface area contributed by atoms with Crippen LogP contribution in [0.15, 0.2) is 42.6 Å². The minimum Gasteiger partial charge on any atom is -0.478 e. The fourth-order valence-electron chi connectivity index (χ4n) is 2.14. The summed E-state index contributed by atoms with van der Waals surface area (Å²) < 4.78 is 5.45. The smallest absolute Gasteiger partial charge is 0.335 e. The number of benzene rings is 1. The highest BCUT2D eigenvalue weighted by Gasteiger charge is 2.13. The highest BCUT2D eigenvalue weighted by Crippen LogP contribution is 2.13. The SMILES string of the molecule is CC(C)Oc1ccc(C(=O)N(C)Cc2ccc(C(=O)O)cc2)cn1. The molecule has 0 fully saturated rings. The van der Waals surface area contributed by atoms with Crippen LogP contribution in [0.4, 0.5) is 0 Å². The average molecular weight is 328 g/mol. The van der Waals surface area contributed by atoms with Crippen molar-refractivity contribution >= 4 is 11.9 Å². The molecule has 0 atom stereocenters. The van der Waals surface area contributed by atoms with Gasteiger partial charge in [0.15, 0.2) is 0 Å². The molecule has 1 amide bonds. The van der Waals surface area contributed by atoms with Crippen LogP contribution < -0.4 is 4.74 Å². The van der Waals surface area contributed by atoms with Gasteiger partial charge in [0.2, 0.25) is 5.88 Å². The molecule has 1 heterocycles. The Morgan fingerprint density at radius 1 is 1.12 bits per heavy atom. The summed E-state index contributed by atoms with van der Waals surface area (Å²) >= 11 is 0. The van der Waals surface area contributed by atoms with Crippen LogP contribution in [0.1, 0.15) is 40.1 Å². The van der Waals surface area contributed by atoms with E-state index in [1.54, 1.807) is 36.2 Å². The lowest BCUT2D eigenvalue weighted by molar-refractivity contribution is 0.0695. The van der Waals surface area contributed by atoms with Gasteiger partial charge in [0.05, 0.1) is 17.2 Å². The zero-order valence-electron chi connectivity index (χ0n) is 13.9. The van der Waals surface area contributed by atoms with E-state index in [1.807, 2.05) is 13.8 Å². The van der Waals surface area contributed by atoms with E-state index < -0.39 is 5.97 Å². The van der Waals surface area contributed by atoms with E-state index in [0.717, 1.165) is 5.56 Å². The maximum absolute atomic E-state index is 12.4. The first-order valence-corrected chi connectivity index (χ1v) is 7.57. The van der Waals surface area contributed by atoms with E-state index in [0.29, 0.717) is 18.0 Å². The van der Waals surface area contributed by atoms with Gasteiger partial charge in [0.1, 0.15) is 0 Å². The molecule has 6 heteroatoms. The van der Waals surface area contributed by atoms with Crippen molar-refractivity contribution in [3.63, 3.8) is 0 Å². The van der Waals surface area contributed by atoms with Gasteiger partial charge in [-0.2, -0.15) is 0 Å². The Bertz CT molecular complexity index is 709. The second-order valence-corrected chi connectivity index (χ2v) is 5.72. The van der Waals surface area contributed by atoms with Crippen LogP contribution in [0, 0.1) is 0 Å². The first kappa shape index (κ1) is 17.5. The van der Waals surface area contributed by atoms with Crippen molar-refractivity contribution in [2.24, 2.45) is 0 Å². The van der Waals surface area contributed by atoms with Crippen LogP contribution in [0.2, 0.25) is 0 Å². The standard InChI is InChI=1S/C18H20N2O4/c1-12(2)24-16-9-8-15(10-19-16)17(21)20(3)11-13-4-6-14(7-5-13)18(22)23/h4-10,12H,11H2,1-3H3,(H,22,23). The van der Waals surface area contributed by atoms with E-state index in [4.69, 9.17) is 9.84 Å². The minimum absolute atomic E-state index is 0.0236. The van der Waals surface area contributed by atoms with Crippen molar-refractivity contribution in [1.29, 1.82) is 0 Å². The molecule has 0 saturated carbocycles. The molecule has 6 nitrogen and oxygen atoms in total. The molecule has 126 valence electrons. The maximum atomic E-state index is 12.4. The number of aromatic carboxylic acids is 1. The Labute approximate surface area is 140 Å². The topological polar surface area (TPSA) is 79.7 Å². The summed E-state index contributed by atoms with van der Waals surface area (Å²) in [7, 11) is 1.69. The molecule has 2 aromatic rings. The number of ether oxygens (including phenoxy) is 1. The van der Waals surface area contributed by atoms with Crippen molar-refractivity contribution < 1.29 is 19.4 Å². The van der Waals surface area contributed by atoms with E-state index in [9.17, 15) is 9.59 Å². The van der Waals surface area contributed by atoms with Gasteiger partial charge in [-0.1, -0.05) is 12.1 Å². The van der Waals surface area contributed by atoms with E-state index >= 15 is 0 Å². The number of aromatic nitrogens is 1. The Morgan fingerprint density at radius 2 is 1.75 bits per heavy atom. The molecule has 0 aliphatic carbocycles. The predicted molar refractivity (Wildman–Crippen MR) is 89.2 cm³/mol. The molecule has 0 saturated heterocycles. The Morgan fingerprint density at radius 3 is 2.25 bits per heavy atom. The Balaban J connectivity index is 2.02. The van der Waals surface area contributed by atoms with Crippen LogP contribution in [-0.4, -0.2) is 40.0 Å². The average Bonchev–Trinajstić information content (AvgIpc) is 2.54. The number of hydrogen-bond donors (Lipinski definition) is 1. The van der Waals surface area contributed by atoms with Crippen LogP contribution in [0.5, 0.6) is 5.88 Å². The van der Waals surface area contributed by atoms with Gasteiger partial charge in [0.25, 0.3) is 5.91 Å². The number of carbonyl (C=O) groups is 2. The van der Waals surface area contributed by atoms with Gasteiger partial charge in [-0.3, -0.25) is 4.79 Å². The fraction of sp³-hybridized carbons (Fsp3) is 0.278. The number of hydrogen-bond acceptors (Lipinski definition) is 4. The summed E-state index contributed by atoms with van der Waals surface area (Å²) in [5.74, 6) is -0.657. The summed E-state index contributed by atoms with van der Waals surface area (Å²) in [6.45, 7) is 4.19. The third-order valence-corrected chi connectivity index (χ3v) is 3.31. The van der Waals surface area contributed by atoms with Crippen LogP contribution in [-0.2, 0) is 6.54 Å². The molecule has 0 aliphatic heterocycles. The normalized spacial score (nSPS) is 10.5. The largest absolute Gasteiger partial charge is 0.478 e. The van der Waals surface area contributed by atoms with Crippen molar-refractivity contribution in [1.82, 2.24) is 9.88 Å². The van der Waals surface area contributed by atoms with E-state index in [-0.39, 0.29) is 17.6 Å². The summed E-state index contributed by atoms with van der Waals surface area (Å²) in [6, 6.07) is 9.79. The zero-order chi connectivity index (χ0) is 17.7. The highest BCUT2D eigenvalue weighted by atomic mass is 16.5. The molecule has 1 aromatic heterocycles. The fourth-order valence-corrected chi connectivity index (χ4v) is 2.14. The van der Waals surface area contributed by atoms with Crippen LogP contribution in [0.25, 0.3) is 0 Å². The predicted octanol–water partition coefficient (Wildman–Crippen LogP) is 2.84. The van der Waals surface area contributed by atoms with Gasteiger partial charge in [-0.05, 0) is 37.6 Å². The molecular formula is C18H20N2O4. The number of carboxylic acid groups (broad SMARTS) is 1. The molecule has 0 aliphatic rings. The molecule has 0 bridgehead atoms. The summed E-state index contributed by atoms with van der Waals surface area (Å²) in [5, 5.41) is 8.89. The molecule has 0 radical (unpaired) electrons. The quantitative estimate of drug-likeness (QED) is 0.882. The molecule has 1 aromatic carbocycles. The highest BCUT2D eigenvalue weighted by molar-refractivity contribution is 5.93. The number of carbonyl (C=O) groups excluding carboxylic acids is 1. The Kier molecular flexibility index (Phi) is 5.52. The van der Waals surface area contributed by atoms with Crippen molar-refractivity contribution in [2.75, 3.05) is 7.05 Å². The lowest BCUT2D eigenvalue weighted by Crippen LogP contribution is -2.26. The zero-order valence-corrected chi connectivity index (χ0v) is 13.9. The Hall–Kier alpha value is -2.89. The summed E-state index contributed by atoms with van der Waals surface area (Å²) in [6.07, 6.45) is 1.51. The first-order valence-electron chi connectivity index (χ1n) is 7.57. The van der Waals surface area contributed by atoms with Gasteiger partial charge < -0.3 is 14.7 Å². The monoisotopic (exact) mass is 328 g/mol. The molecule has 0 unspecified atom stereocenters. The molecule has 24 heavy (non-hydrogen) atoms. The van der Waals surface area contributed by atoms with E-state index in [2.05, 4.69) is 4.98 Å². The van der Waals surface area contributed by atoms with Gasteiger partial charge in [0, 0.05) is 25.9 Å². The van der Waals surface area contributed by atoms with E-state index in [1.165, 1.54) is 18.3 Å². The third kappa shape index (κ3) is 4.55. The van der Waals surface area contributed by atoms with Crippen LogP contribution in [0.3, 0.4) is 0 Å². The molecule has 1 N–H and O–H groups in total. The van der Waals surface area contributed by atoms with Crippen molar-refractivity contribution in [2.45, 2.75) is 26.5 Å². The second kappa shape index (κ2) is 7.59. The number of rotatable bonds is 6.